The minimum Gasteiger partial charge on any atom is -0.384 e. The molecule has 0 aromatic heterocycles. The number of amides is 1. The Bertz CT molecular complexity index is 755. The molecule has 8 heteroatoms. The maximum atomic E-state index is 13.1. The number of fused-ring (bicyclic) bond motifs is 1. The second-order valence-corrected chi connectivity index (χ2v) is 8.69. The van der Waals surface area contributed by atoms with Crippen LogP contribution in [0.4, 0.5) is 0 Å². The van der Waals surface area contributed by atoms with E-state index in [1.165, 1.54) is 16.1 Å². The largest absolute Gasteiger partial charge is 0.384 e. The third-order valence-electron chi connectivity index (χ3n) is 4.98. The predicted octanol–water partition coefficient (Wildman–Crippen LogP) is -0.112. The summed E-state index contributed by atoms with van der Waals surface area (Å²) >= 11 is 0. The molecule has 3 rings (SSSR count). The number of benzene rings is 1. The number of carbonyl (C=O) groups is 1. The summed E-state index contributed by atoms with van der Waals surface area (Å²) in [7, 11) is -1.61. The second kappa shape index (κ2) is 7.03. The van der Waals surface area contributed by atoms with Crippen LogP contribution in [0.1, 0.15) is 18.1 Å². The van der Waals surface area contributed by atoms with Crippen LogP contribution in [0.2, 0.25) is 0 Å². The van der Waals surface area contributed by atoms with Gasteiger partial charge >= 0.3 is 0 Å². The molecule has 0 spiro atoms. The Morgan fingerprint density at radius 2 is 1.84 bits per heavy atom. The molecule has 1 N–H and O–H groups in total. The van der Waals surface area contributed by atoms with Crippen LogP contribution < -0.4 is 0 Å². The van der Waals surface area contributed by atoms with Crippen molar-refractivity contribution in [2.24, 2.45) is 0 Å². The highest BCUT2D eigenvalue weighted by Crippen LogP contribution is 2.29. The Morgan fingerprint density at radius 3 is 2.48 bits per heavy atom. The van der Waals surface area contributed by atoms with E-state index in [0.29, 0.717) is 44.7 Å². The molecule has 2 aliphatic heterocycles. The molecule has 2 heterocycles. The van der Waals surface area contributed by atoms with Crippen molar-refractivity contribution in [3.05, 3.63) is 29.3 Å². The van der Waals surface area contributed by atoms with Gasteiger partial charge in [0.15, 0.2) is 0 Å². The number of hydrogen-bond donors (Lipinski definition) is 1. The minimum absolute atomic E-state index is 0.224. The van der Waals surface area contributed by atoms with E-state index < -0.39 is 16.1 Å². The molecular weight excluding hydrogens is 342 g/mol. The highest BCUT2D eigenvalue weighted by molar-refractivity contribution is 7.89. The number of piperazine rings is 1. The van der Waals surface area contributed by atoms with Crippen LogP contribution in [0.3, 0.4) is 0 Å². The molecule has 0 aliphatic carbocycles. The van der Waals surface area contributed by atoms with E-state index in [4.69, 9.17) is 0 Å². The van der Waals surface area contributed by atoms with Crippen molar-refractivity contribution in [1.82, 2.24) is 14.1 Å². The minimum atomic E-state index is -3.59. The summed E-state index contributed by atoms with van der Waals surface area (Å²) in [6, 6.07) is 5.32. The number of carbonyl (C=O) groups excluding carboxylic acids is 1. The van der Waals surface area contributed by atoms with E-state index in [2.05, 4.69) is 4.90 Å². The number of nitrogens with zero attached hydrogens (tertiary/aromatic N) is 3. The summed E-state index contributed by atoms with van der Waals surface area (Å²) in [5.41, 5.74) is 1.64. The summed E-state index contributed by atoms with van der Waals surface area (Å²) in [6.07, 6.45) is -0.483. The number of rotatable bonds is 3. The van der Waals surface area contributed by atoms with Gasteiger partial charge in [0.1, 0.15) is 6.10 Å². The van der Waals surface area contributed by atoms with Crippen LogP contribution in [-0.4, -0.2) is 79.4 Å². The van der Waals surface area contributed by atoms with Crippen molar-refractivity contribution in [2.45, 2.75) is 30.9 Å². The smallest absolute Gasteiger partial charge is 0.251 e. The van der Waals surface area contributed by atoms with E-state index in [-0.39, 0.29) is 17.3 Å². The van der Waals surface area contributed by atoms with Gasteiger partial charge in [-0.15, -0.1) is 0 Å². The van der Waals surface area contributed by atoms with E-state index in [9.17, 15) is 18.3 Å². The van der Waals surface area contributed by atoms with Gasteiger partial charge < -0.3 is 14.9 Å². The van der Waals surface area contributed by atoms with E-state index in [0.717, 1.165) is 5.56 Å². The van der Waals surface area contributed by atoms with Crippen molar-refractivity contribution in [1.29, 1.82) is 0 Å². The first-order chi connectivity index (χ1) is 11.8. The normalized spacial score (nSPS) is 21.0. The molecule has 25 heavy (non-hydrogen) atoms. The van der Waals surface area contributed by atoms with Gasteiger partial charge in [0, 0.05) is 39.3 Å². The fourth-order valence-corrected chi connectivity index (χ4v) is 5.09. The summed E-state index contributed by atoms with van der Waals surface area (Å²) in [6.45, 7) is 4.51. The molecule has 1 amide bonds. The van der Waals surface area contributed by atoms with Crippen molar-refractivity contribution in [3.63, 3.8) is 0 Å². The molecule has 0 unspecified atom stereocenters. The lowest BCUT2D eigenvalue weighted by Crippen LogP contribution is -2.47. The Morgan fingerprint density at radius 1 is 1.16 bits per heavy atom. The van der Waals surface area contributed by atoms with Gasteiger partial charge in [0.25, 0.3) is 5.91 Å². The maximum Gasteiger partial charge on any atom is 0.251 e. The first kappa shape index (κ1) is 18.3. The average Bonchev–Trinajstić information content (AvgIpc) is 2.60. The molecule has 0 saturated carbocycles. The molecule has 7 nitrogen and oxygen atoms in total. The predicted molar refractivity (Wildman–Crippen MR) is 93.5 cm³/mol. The van der Waals surface area contributed by atoms with Crippen LogP contribution in [-0.2, 0) is 27.8 Å². The molecule has 2 aliphatic rings. The first-order valence-corrected chi connectivity index (χ1v) is 10.0. The lowest BCUT2D eigenvalue weighted by Gasteiger charge is -2.34. The van der Waals surface area contributed by atoms with Crippen molar-refractivity contribution >= 4 is 15.9 Å². The molecule has 1 fully saturated rings. The summed E-state index contributed by atoms with van der Waals surface area (Å²) < 4.78 is 27.8. The molecule has 1 atom stereocenters. The van der Waals surface area contributed by atoms with Gasteiger partial charge in [0.05, 0.1) is 4.90 Å². The molecule has 0 bridgehead atoms. The van der Waals surface area contributed by atoms with Crippen LogP contribution >= 0.6 is 0 Å². The van der Waals surface area contributed by atoms with Gasteiger partial charge in [0.2, 0.25) is 10.0 Å². The van der Waals surface area contributed by atoms with Crippen LogP contribution in [0.25, 0.3) is 0 Å². The number of aliphatic hydroxyl groups excluding tert-OH is 1. The molecular formula is C17H25N3O4S. The Hall–Kier alpha value is -1.48. The van der Waals surface area contributed by atoms with Crippen molar-refractivity contribution in [2.75, 3.05) is 39.8 Å². The zero-order valence-corrected chi connectivity index (χ0v) is 15.5. The zero-order chi connectivity index (χ0) is 18.2. The lowest BCUT2D eigenvalue weighted by atomic mass is 9.99. The van der Waals surface area contributed by atoms with Gasteiger partial charge in [-0.25, -0.2) is 8.42 Å². The van der Waals surface area contributed by atoms with Gasteiger partial charge in [-0.3, -0.25) is 4.79 Å². The second-order valence-electron chi connectivity index (χ2n) is 6.79. The quantitative estimate of drug-likeness (QED) is 0.806. The van der Waals surface area contributed by atoms with Gasteiger partial charge in [-0.05, 0) is 37.6 Å². The first-order valence-electron chi connectivity index (χ1n) is 8.57. The average molecular weight is 367 g/mol. The molecule has 0 radical (unpaired) electrons. The fourth-order valence-electron chi connectivity index (χ4n) is 3.41. The Balaban J connectivity index is 1.93. The standard InChI is InChI=1S/C17H25N3O4S/c1-13(21)17(22)19-7-6-14-4-3-5-16(15(14)12-19)25(23,24)20-10-8-18(2)9-11-20/h3-5,13,21H,6-12H2,1-2H3/t13-/m0/s1. The van der Waals surface area contributed by atoms with Crippen LogP contribution in [0.15, 0.2) is 23.1 Å². The van der Waals surface area contributed by atoms with Gasteiger partial charge in [-0.2, -0.15) is 4.31 Å². The van der Waals surface area contributed by atoms with E-state index in [1.54, 1.807) is 12.1 Å². The van der Waals surface area contributed by atoms with Gasteiger partial charge in [-0.1, -0.05) is 12.1 Å². The number of sulfonamides is 1. The zero-order valence-electron chi connectivity index (χ0n) is 14.7. The van der Waals surface area contributed by atoms with E-state index in [1.807, 2.05) is 13.1 Å². The number of likely N-dealkylation sites (N-methyl/N-ethyl adjacent to an activating group) is 1. The SMILES string of the molecule is C[C@H](O)C(=O)N1CCc2cccc(S(=O)(=O)N3CCN(C)CC3)c2C1. The molecule has 138 valence electrons. The molecule has 1 aromatic rings. The van der Waals surface area contributed by atoms with Crippen LogP contribution in [0, 0.1) is 0 Å². The third kappa shape index (κ3) is 3.57. The Labute approximate surface area is 148 Å². The maximum absolute atomic E-state index is 13.1. The van der Waals surface area contributed by atoms with Crippen molar-refractivity contribution < 1.29 is 18.3 Å². The third-order valence-corrected chi connectivity index (χ3v) is 6.96. The summed E-state index contributed by atoms with van der Waals surface area (Å²) in [4.78, 5) is 16.1. The topological polar surface area (TPSA) is 81.2 Å². The van der Waals surface area contributed by atoms with E-state index >= 15 is 0 Å². The summed E-state index contributed by atoms with van der Waals surface area (Å²) in [5.74, 6) is -0.363. The molecule has 1 aromatic carbocycles. The molecule has 1 saturated heterocycles. The number of aliphatic hydroxyl groups is 1. The lowest BCUT2D eigenvalue weighted by molar-refractivity contribution is -0.140. The fraction of sp³-hybridized carbons (Fsp3) is 0.588. The van der Waals surface area contributed by atoms with Crippen LogP contribution in [0.5, 0.6) is 0 Å². The Kier molecular flexibility index (Phi) is 5.15. The monoisotopic (exact) mass is 367 g/mol. The van der Waals surface area contributed by atoms with Crippen molar-refractivity contribution in [3.8, 4) is 0 Å². The number of hydrogen-bond acceptors (Lipinski definition) is 5. The highest BCUT2D eigenvalue weighted by atomic mass is 32.2. The highest BCUT2D eigenvalue weighted by Gasteiger charge is 2.33. The summed E-state index contributed by atoms with van der Waals surface area (Å²) in [5, 5.41) is 9.56.